The molecule has 1 heterocycles. The van der Waals surface area contributed by atoms with Crippen molar-refractivity contribution in [3.63, 3.8) is 0 Å². The lowest BCUT2D eigenvalue weighted by molar-refractivity contribution is 0.0937. The number of hydrogen-bond acceptors (Lipinski definition) is 2. The van der Waals surface area contributed by atoms with E-state index in [1.54, 1.807) is 0 Å². The van der Waals surface area contributed by atoms with Crippen LogP contribution in [0, 0.1) is 17.8 Å². The Hall–Kier alpha value is -1.28. The van der Waals surface area contributed by atoms with Gasteiger partial charge in [-0.15, -0.1) is 0 Å². The van der Waals surface area contributed by atoms with E-state index in [1.165, 1.54) is 50.9 Å². The Morgan fingerprint density at radius 3 is 2.93 bits per heavy atom. The topological polar surface area (TPSA) is 12.5 Å². The van der Waals surface area contributed by atoms with Gasteiger partial charge in [-0.3, -0.25) is 0 Å². The highest BCUT2D eigenvalue weighted by Gasteiger charge is 2.47. The summed E-state index contributed by atoms with van der Waals surface area (Å²) in [5.74, 6) is 3.25. The zero-order valence-electron chi connectivity index (χ0n) is 17.9. The van der Waals surface area contributed by atoms with Crippen LogP contribution in [0.5, 0.6) is 5.75 Å². The lowest BCUT2D eigenvalue weighted by atomic mass is 9.67. The second kappa shape index (κ2) is 9.28. The van der Waals surface area contributed by atoms with Crippen molar-refractivity contribution >= 4 is 0 Å². The van der Waals surface area contributed by atoms with Gasteiger partial charge in [0.05, 0.1) is 6.61 Å². The first-order valence-electron chi connectivity index (χ1n) is 11.2. The summed E-state index contributed by atoms with van der Waals surface area (Å²) in [6.07, 6.45) is 11.0. The van der Waals surface area contributed by atoms with Crippen molar-refractivity contribution in [1.82, 2.24) is 4.90 Å². The minimum Gasteiger partial charge on any atom is -0.494 e. The van der Waals surface area contributed by atoms with Gasteiger partial charge in [0.2, 0.25) is 0 Å². The van der Waals surface area contributed by atoms with Crippen LogP contribution in [0.25, 0.3) is 0 Å². The summed E-state index contributed by atoms with van der Waals surface area (Å²) in [6.45, 7) is 13.6. The summed E-state index contributed by atoms with van der Waals surface area (Å²) in [5, 5.41) is 0. The molecule has 4 atom stereocenters. The maximum atomic E-state index is 5.94. The van der Waals surface area contributed by atoms with E-state index < -0.39 is 0 Å². The van der Waals surface area contributed by atoms with Crippen LogP contribution in [0.3, 0.4) is 0 Å². The van der Waals surface area contributed by atoms with Gasteiger partial charge in [-0.2, -0.15) is 0 Å². The Labute approximate surface area is 167 Å². The lowest BCUT2D eigenvalue weighted by Crippen LogP contribution is -2.48. The van der Waals surface area contributed by atoms with E-state index in [4.69, 9.17) is 4.74 Å². The van der Waals surface area contributed by atoms with Gasteiger partial charge < -0.3 is 9.64 Å². The smallest absolute Gasteiger partial charge is 0.119 e. The van der Waals surface area contributed by atoms with E-state index in [2.05, 4.69) is 69.0 Å². The minimum absolute atomic E-state index is 0.389. The predicted molar refractivity (Wildman–Crippen MR) is 115 cm³/mol. The third-order valence-corrected chi connectivity index (χ3v) is 7.13. The molecule has 1 aromatic rings. The Balaban J connectivity index is 1.69. The third kappa shape index (κ3) is 4.59. The van der Waals surface area contributed by atoms with Crippen molar-refractivity contribution in [2.24, 2.45) is 17.8 Å². The summed E-state index contributed by atoms with van der Waals surface area (Å²) >= 11 is 0. The molecule has 2 aliphatic rings. The first-order valence-corrected chi connectivity index (χ1v) is 11.2. The standard InChI is InChI=1S/C25H39NO/c1-5-9-20(3)21(4)18-26-15-14-25(13-8-11-23(25)19-26)22-10-7-12-24(17-22)27-16-6-2/h5,7,9-10,12,17,20-21,23H,6,8,11,13-16,18-19H2,1-4H3/b9-5+. The van der Waals surface area contributed by atoms with Gasteiger partial charge in [0.15, 0.2) is 0 Å². The molecule has 1 aromatic carbocycles. The van der Waals surface area contributed by atoms with Crippen molar-refractivity contribution in [2.45, 2.75) is 65.2 Å². The number of rotatable bonds is 8. The molecular formula is C25H39NO. The van der Waals surface area contributed by atoms with Crippen LogP contribution in [0.15, 0.2) is 36.4 Å². The fraction of sp³-hybridized carbons (Fsp3) is 0.680. The normalized spacial score (nSPS) is 28.2. The highest BCUT2D eigenvalue weighted by atomic mass is 16.5. The van der Waals surface area contributed by atoms with E-state index in [9.17, 15) is 0 Å². The quantitative estimate of drug-likeness (QED) is 0.516. The van der Waals surface area contributed by atoms with Crippen molar-refractivity contribution in [3.8, 4) is 5.75 Å². The number of fused-ring (bicyclic) bond motifs is 1. The zero-order valence-corrected chi connectivity index (χ0v) is 17.9. The molecule has 3 rings (SSSR count). The maximum Gasteiger partial charge on any atom is 0.119 e. The number of benzene rings is 1. The molecule has 150 valence electrons. The average Bonchev–Trinajstić information content (AvgIpc) is 3.11. The summed E-state index contributed by atoms with van der Waals surface area (Å²) in [7, 11) is 0. The Kier molecular flexibility index (Phi) is 7.03. The number of nitrogens with zero attached hydrogens (tertiary/aromatic N) is 1. The second-order valence-electron chi connectivity index (χ2n) is 8.99. The highest BCUT2D eigenvalue weighted by Crippen LogP contribution is 2.51. The minimum atomic E-state index is 0.389. The van der Waals surface area contributed by atoms with Gasteiger partial charge in [-0.05, 0) is 74.6 Å². The summed E-state index contributed by atoms with van der Waals surface area (Å²) in [5.41, 5.74) is 1.92. The van der Waals surface area contributed by atoms with Gasteiger partial charge in [-0.25, -0.2) is 0 Å². The van der Waals surface area contributed by atoms with Gasteiger partial charge in [0.25, 0.3) is 0 Å². The molecule has 2 heteroatoms. The summed E-state index contributed by atoms with van der Waals surface area (Å²) in [4.78, 5) is 2.75. The number of likely N-dealkylation sites (tertiary alicyclic amines) is 1. The molecule has 1 saturated heterocycles. The first kappa shape index (κ1) is 20.5. The van der Waals surface area contributed by atoms with E-state index >= 15 is 0 Å². The summed E-state index contributed by atoms with van der Waals surface area (Å²) in [6, 6.07) is 9.04. The molecule has 0 radical (unpaired) electrons. The summed E-state index contributed by atoms with van der Waals surface area (Å²) < 4.78 is 5.94. The molecule has 1 aliphatic heterocycles. The van der Waals surface area contributed by atoms with Crippen LogP contribution in [-0.2, 0) is 5.41 Å². The molecule has 0 N–H and O–H groups in total. The Morgan fingerprint density at radius 1 is 1.30 bits per heavy atom. The van der Waals surface area contributed by atoms with Gasteiger partial charge in [0.1, 0.15) is 5.75 Å². The van der Waals surface area contributed by atoms with E-state index in [-0.39, 0.29) is 0 Å². The second-order valence-corrected chi connectivity index (χ2v) is 8.99. The number of hydrogen-bond donors (Lipinski definition) is 0. The fourth-order valence-electron chi connectivity index (χ4n) is 5.37. The number of ether oxygens (including phenoxy) is 1. The molecular weight excluding hydrogens is 330 g/mol. The molecule has 27 heavy (non-hydrogen) atoms. The molecule has 1 saturated carbocycles. The average molecular weight is 370 g/mol. The van der Waals surface area contributed by atoms with Crippen LogP contribution >= 0.6 is 0 Å². The van der Waals surface area contributed by atoms with E-state index in [0.717, 1.165) is 30.6 Å². The molecule has 2 nitrogen and oxygen atoms in total. The van der Waals surface area contributed by atoms with Gasteiger partial charge >= 0.3 is 0 Å². The van der Waals surface area contributed by atoms with Crippen molar-refractivity contribution in [3.05, 3.63) is 42.0 Å². The molecule has 0 amide bonds. The monoisotopic (exact) mass is 369 g/mol. The number of piperidine rings is 1. The molecule has 0 aromatic heterocycles. The first-order chi connectivity index (χ1) is 13.1. The SMILES string of the molecule is C/C=C/C(C)C(C)CN1CCC2(c3cccc(OCCC)c3)CCCC2C1. The van der Waals surface area contributed by atoms with Crippen molar-refractivity contribution in [2.75, 3.05) is 26.2 Å². The molecule has 4 unspecified atom stereocenters. The molecule has 0 spiro atoms. The molecule has 1 aliphatic carbocycles. The Morgan fingerprint density at radius 2 is 2.15 bits per heavy atom. The lowest BCUT2D eigenvalue weighted by Gasteiger charge is -2.46. The van der Waals surface area contributed by atoms with Crippen LogP contribution in [0.1, 0.15) is 65.4 Å². The highest BCUT2D eigenvalue weighted by molar-refractivity contribution is 5.36. The maximum absolute atomic E-state index is 5.94. The predicted octanol–water partition coefficient (Wildman–Crippen LogP) is 6.07. The van der Waals surface area contributed by atoms with Crippen LogP contribution in [0.2, 0.25) is 0 Å². The van der Waals surface area contributed by atoms with Crippen LogP contribution < -0.4 is 4.74 Å². The van der Waals surface area contributed by atoms with Crippen molar-refractivity contribution in [1.29, 1.82) is 0 Å². The number of allylic oxidation sites excluding steroid dienone is 2. The largest absolute Gasteiger partial charge is 0.494 e. The molecule has 2 fully saturated rings. The van der Waals surface area contributed by atoms with Crippen LogP contribution in [-0.4, -0.2) is 31.1 Å². The fourth-order valence-corrected chi connectivity index (χ4v) is 5.37. The van der Waals surface area contributed by atoms with Crippen molar-refractivity contribution < 1.29 is 4.74 Å². The third-order valence-electron chi connectivity index (χ3n) is 7.13. The Bertz CT molecular complexity index is 625. The molecule has 0 bridgehead atoms. The van der Waals surface area contributed by atoms with Gasteiger partial charge in [-0.1, -0.05) is 51.5 Å². The van der Waals surface area contributed by atoms with Gasteiger partial charge in [0, 0.05) is 18.5 Å². The zero-order chi connectivity index (χ0) is 19.3. The van der Waals surface area contributed by atoms with E-state index in [1.807, 2.05) is 0 Å². The van der Waals surface area contributed by atoms with Crippen LogP contribution in [0.4, 0.5) is 0 Å². The van der Waals surface area contributed by atoms with E-state index in [0.29, 0.717) is 11.3 Å².